The van der Waals surface area contributed by atoms with Crippen molar-refractivity contribution in [1.29, 1.82) is 0 Å². The largest absolute Gasteiger partial charge is 0.390 e. The van der Waals surface area contributed by atoms with E-state index in [0.29, 0.717) is 0 Å². The Kier molecular flexibility index (Phi) is 3.59. The third-order valence-corrected chi connectivity index (χ3v) is 3.35. The summed E-state index contributed by atoms with van der Waals surface area (Å²) in [4.78, 5) is 17.8. The van der Waals surface area contributed by atoms with Crippen LogP contribution in [0.5, 0.6) is 0 Å². The summed E-state index contributed by atoms with van der Waals surface area (Å²) in [6.07, 6.45) is -2.32. The minimum absolute atomic E-state index is 0.0612. The Morgan fingerprint density at radius 2 is 2.43 bits per heavy atom. The van der Waals surface area contributed by atoms with E-state index >= 15 is 0 Å². The summed E-state index contributed by atoms with van der Waals surface area (Å²) >= 11 is 0. The Balaban J connectivity index is 2.60. The number of nitrogens with two attached hydrogens (primary N) is 1. The fourth-order valence-corrected chi connectivity index (χ4v) is 2.21. The molecular weight excluding hydrogens is 287 g/mol. The molecule has 10 nitrogen and oxygen atoms in total. The Hall–Kier alpha value is -2.20. The van der Waals surface area contributed by atoms with Crippen molar-refractivity contribution in [3.05, 3.63) is 33.2 Å². The smallest absolute Gasteiger partial charge is 0.351 e. The van der Waals surface area contributed by atoms with Gasteiger partial charge in [-0.25, -0.2) is 9.18 Å². The lowest BCUT2D eigenvalue weighted by atomic mass is 9.92. The summed E-state index contributed by atoms with van der Waals surface area (Å²) in [7, 11) is 0. The second-order valence-electron chi connectivity index (χ2n) is 4.77. The highest BCUT2D eigenvalue weighted by molar-refractivity contribution is 5.24. The quantitative estimate of drug-likeness (QED) is 0.385. The lowest BCUT2D eigenvalue weighted by molar-refractivity contribution is -0.207. The Morgan fingerprint density at radius 3 is 2.95 bits per heavy atom. The molecule has 0 amide bonds. The van der Waals surface area contributed by atoms with Crippen LogP contribution in [-0.4, -0.2) is 43.9 Å². The van der Waals surface area contributed by atoms with Crippen molar-refractivity contribution in [2.45, 2.75) is 30.6 Å². The molecule has 0 radical (unpaired) electrons. The molecule has 11 heteroatoms. The number of aliphatic hydroxyl groups excluding tert-OH is 2. The number of hydrogen-bond donors (Lipinski definition) is 3. The van der Waals surface area contributed by atoms with Gasteiger partial charge in [0, 0.05) is 11.1 Å². The lowest BCUT2D eigenvalue weighted by Gasteiger charge is -2.27. The SMILES string of the molecule is C[C@]1(N=[N+]=[N-])[C@H](n2ccc(N)nc2=O)O[C@](F)(CO)[C@H]1O. The van der Waals surface area contributed by atoms with Gasteiger partial charge in [0.15, 0.2) is 6.23 Å². The van der Waals surface area contributed by atoms with E-state index in [1.165, 1.54) is 13.0 Å². The van der Waals surface area contributed by atoms with Crippen molar-refractivity contribution in [2.75, 3.05) is 12.3 Å². The summed E-state index contributed by atoms with van der Waals surface area (Å²) in [5.41, 5.74) is 11.2. The van der Waals surface area contributed by atoms with Crippen molar-refractivity contribution in [2.24, 2.45) is 5.11 Å². The predicted octanol–water partition coefficient (Wildman–Crippen LogP) is -0.558. The molecule has 0 saturated carbocycles. The molecule has 0 aliphatic carbocycles. The molecule has 0 spiro atoms. The topological polar surface area (TPSA) is 159 Å². The van der Waals surface area contributed by atoms with Crippen molar-refractivity contribution in [3.8, 4) is 0 Å². The van der Waals surface area contributed by atoms with Crippen LogP contribution in [0, 0.1) is 0 Å². The molecule has 1 fully saturated rings. The first-order valence-corrected chi connectivity index (χ1v) is 5.85. The number of hydrogen-bond acceptors (Lipinski definition) is 7. The van der Waals surface area contributed by atoms with Gasteiger partial charge in [-0.05, 0) is 18.5 Å². The number of nitrogens with zero attached hydrogens (tertiary/aromatic N) is 5. The molecule has 1 aromatic rings. The summed E-state index contributed by atoms with van der Waals surface area (Å²) in [6.45, 7) is 0.0141. The summed E-state index contributed by atoms with van der Waals surface area (Å²) < 4.78 is 20.1. The van der Waals surface area contributed by atoms with Gasteiger partial charge in [0.05, 0.1) is 0 Å². The van der Waals surface area contributed by atoms with E-state index in [4.69, 9.17) is 21.1 Å². The van der Waals surface area contributed by atoms with Crippen LogP contribution in [0.15, 0.2) is 22.2 Å². The first-order chi connectivity index (χ1) is 9.78. The second kappa shape index (κ2) is 4.97. The molecule has 0 unspecified atom stereocenters. The fourth-order valence-electron chi connectivity index (χ4n) is 2.21. The van der Waals surface area contributed by atoms with E-state index in [9.17, 15) is 14.3 Å². The van der Waals surface area contributed by atoms with Crippen molar-refractivity contribution < 1.29 is 19.3 Å². The number of alkyl halides is 1. The third kappa shape index (κ3) is 2.21. The van der Waals surface area contributed by atoms with Gasteiger partial charge < -0.3 is 20.7 Å². The Labute approximate surface area is 117 Å². The van der Waals surface area contributed by atoms with E-state index in [1.54, 1.807) is 0 Å². The highest BCUT2D eigenvalue weighted by Crippen LogP contribution is 2.46. The third-order valence-electron chi connectivity index (χ3n) is 3.35. The van der Waals surface area contributed by atoms with Crippen LogP contribution in [0.1, 0.15) is 13.2 Å². The Bertz CT molecular complexity index is 661. The first-order valence-electron chi connectivity index (χ1n) is 5.85. The summed E-state index contributed by atoms with van der Waals surface area (Å²) in [6, 6.07) is 1.25. The zero-order valence-corrected chi connectivity index (χ0v) is 10.9. The number of ether oxygens (including phenoxy) is 1. The molecule has 4 N–H and O–H groups in total. The van der Waals surface area contributed by atoms with Crippen LogP contribution in [0.25, 0.3) is 10.4 Å². The minimum atomic E-state index is -2.88. The van der Waals surface area contributed by atoms with Crippen LogP contribution in [0.3, 0.4) is 0 Å². The molecule has 4 atom stereocenters. The number of rotatable bonds is 3. The van der Waals surface area contributed by atoms with E-state index in [1.807, 2.05) is 0 Å². The van der Waals surface area contributed by atoms with Crippen molar-refractivity contribution in [3.63, 3.8) is 0 Å². The molecule has 1 aliphatic rings. The van der Waals surface area contributed by atoms with Crippen molar-refractivity contribution in [1.82, 2.24) is 9.55 Å². The minimum Gasteiger partial charge on any atom is -0.390 e. The number of anilines is 1. The Morgan fingerprint density at radius 1 is 1.76 bits per heavy atom. The molecule has 1 aliphatic heterocycles. The van der Waals surface area contributed by atoms with Gasteiger partial charge in [0.1, 0.15) is 24.1 Å². The van der Waals surface area contributed by atoms with Crippen LogP contribution in [0.4, 0.5) is 10.2 Å². The number of halogens is 1. The van der Waals surface area contributed by atoms with Crippen LogP contribution >= 0.6 is 0 Å². The average Bonchev–Trinajstić information content (AvgIpc) is 2.62. The van der Waals surface area contributed by atoms with Crippen LogP contribution in [0.2, 0.25) is 0 Å². The zero-order chi connectivity index (χ0) is 15.8. The lowest BCUT2D eigenvalue weighted by Crippen LogP contribution is -2.48. The predicted molar refractivity (Wildman–Crippen MR) is 67.5 cm³/mol. The van der Waals surface area contributed by atoms with Crippen LogP contribution < -0.4 is 11.4 Å². The molecule has 114 valence electrons. The number of azide groups is 1. The normalized spacial score (nSPS) is 35.4. The van der Waals surface area contributed by atoms with E-state index in [2.05, 4.69) is 15.0 Å². The van der Waals surface area contributed by atoms with E-state index in [-0.39, 0.29) is 5.82 Å². The molecule has 1 aromatic heterocycles. The van der Waals surface area contributed by atoms with Gasteiger partial charge in [-0.15, -0.1) is 0 Å². The van der Waals surface area contributed by atoms with Gasteiger partial charge in [0.2, 0.25) is 0 Å². The number of nitrogen functional groups attached to an aromatic ring is 1. The van der Waals surface area contributed by atoms with Crippen LogP contribution in [-0.2, 0) is 4.74 Å². The summed E-state index contributed by atoms with van der Waals surface area (Å²) in [5, 5.41) is 22.4. The molecule has 0 bridgehead atoms. The van der Waals surface area contributed by atoms with Crippen molar-refractivity contribution >= 4 is 5.82 Å². The highest BCUT2D eigenvalue weighted by atomic mass is 19.2. The van der Waals surface area contributed by atoms with Gasteiger partial charge >= 0.3 is 5.69 Å². The van der Waals surface area contributed by atoms with Gasteiger partial charge in [-0.2, -0.15) is 4.98 Å². The average molecular weight is 300 g/mol. The fraction of sp³-hybridized carbons (Fsp3) is 0.600. The molecule has 2 rings (SSSR count). The van der Waals surface area contributed by atoms with E-state index < -0.39 is 36.0 Å². The monoisotopic (exact) mass is 300 g/mol. The van der Waals surface area contributed by atoms with Gasteiger partial charge in [-0.3, -0.25) is 4.57 Å². The summed E-state index contributed by atoms with van der Waals surface area (Å²) in [5.74, 6) is -2.94. The first kappa shape index (κ1) is 15.2. The van der Waals surface area contributed by atoms with Gasteiger partial charge in [0.25, 0.3) is 5.85 Å². The second-order valence-corrected chi connectivity index (χ2v) is 4.77. The molecule has 21 heavy (non-hydrogen) atoms. The van der Waals surface area contributed by atoms with Gasteiger partial charge in [-0.1, -0.05) is 5.11 Å². The number of aliphatic hydroxyl groups is 2. The molecule has 0 aromatic carbocycles. The maximum atomic E-state index is 14.3. The molecule has 1 saturated heterocycles. The maximum absolute atomic E-state index is 14.3. The maximum Gasteiger partial charge on any atom is 0.351 e. The number of aromatic nitrogens is 2. The standard InChI is InChI=1S/C10H13FN6O4/c1-9(15-16-13)6(19)10(11,4-18)21-7(9)17-3-2-5(12)14-8(17)20/h2-3,6-7,18-19H,4H2,1H3,(H2,12,14,20)/t6-,7+,9+,10+/m0/s1. The van der Waals surface area contributed by atoms with E-state index in [0.717, 1.165) is 10.8 Å². The highest BCUT2D eigenvalue weighted by Gasteiger charge is 2.63. The zero-order valence-electron chi connectivity index (χ0n) is 10.9. The molecule has 2 heterocycles. The molecular formula is C10H13FN6O4.